The maximum atomic E-state index is 13.0. The molecule has 3 aromatic carbocycles. The average molecular weight is 412 g/mol. The molecule has 0 fully saturated rings. The molecule has 0 heterocycles. The Morgan fingerprint density at radius 2 is 1.66 bits per heavy atom. The normalized spacial score (nSPS) is 11.1. The lowest BCUT2D eigenvalue weighted by Gasteiger charge is -2.18. The highest BCUT2D eigenvalue weighted by Gasteiger charge is 2.18. The summed E-state index contributed by atoms with van der Waals surface area (Å²) in [6.45, 7) is 2.19. The number of benzene rings is 3. The van der Waals surface area contributed by atoms with Crippen molar-refractivity contribution >= 4 is 21.6 Å². The van der Waals surface area contributed by atoms with Crippen LogP contribution in [0.25, 0.3) is 0 Å². The van der Waals surface area contributed by atoms with Gasteiger partial charge in [-0.3, -0.25) is 9.52 Å². The molecule has 0 radical (unpaired) electrons. The van der Waals surface area contributed by atoms with Crippen LogP contribution in [0.1, 0.15) is 21.5 Å². The molecular weight excluding hydrogens is 391 g/mol. The molecule has 29 heavy (non-hydrogen) atoms. The largest absolute Gasteiger partial charge is 0.337 e. The minimum absolute atomic E-state index is 0.000827. The number of anilines is 1. The minimum Gasteiger partial charge on any atom is -0.337 e. The fraction of sp³-hybridized carbons (Fsp3) is 0.136. The zero-order valence-corrected chi connectivity index (χ0v) is 16.9. The van der Waals surface area contributed by atoms with E-state index in [9.17, 15) is 17.6 Å². The predicted molar refractivity (Wildman–Crippen MR) is 111 cm³/mol. The minimum atomic E-state index is -3.83. The molecule has 5 nitrogen and oxygen atoms in total. The van der Waals surface area contributed by atoms with E-state index in [0.29, 0.717) is 5.69 Å². The van der Waals surface area contributed by atoms with Crippen LogP contribution in [0.15, 0.2) is 77.7 Å². The number of nitrogens with one attached hydrogen (secondary N) is 1. The third-order valence-electron chi connectivity index (χ3n) is 4.37. The van der Waals surface area contributed by atoms with Gasteiger partial charge in [0.25, 0.3) is 15.9 Å². The van der Waals surface area contributed by atoms with Gasteiger partial charge in [0.2, 0.25) is 0 Å². The molecule has 7 heteroatoms. The molecule has 3 aromatic rings. The summed E-state index contributed by atoms with van der Waals surface area (Å²) >= 11 is 0. The lowest BCUT2D eigenvalue weighted by Crippen LogP contribution is -2.26. The van der Waals surface area contributed by atoms with E-state index in [1.807, 2.05) is 19.1 Å². The second-order valence-electron chi connectivity index (χ2n) is 6.79. The zero-order valence-electron chi connectivity index (χ0n) is 16.1. The number of hydrogen-bond donors (Lipinski definition) is 1. The third kappa shape index (κ3) is 5.20. The summed E-state index contributed by atoms with van der Waals surface area (Å²) in [4.78, 5) is 14.2. The van der Waals surface area contributed by atoms with Crippen LogP contribution in [0, 0.1) is 12.7 Å². The van der Waals surface area contributed by atoms with E-state index in [1.54, 1.807) is 37.4 Å². The second kappa shape index (κ2) is 8.45. The fourth-order valence-electron chi connectivity index (χ4n) is 2.79. The maximum absolute atomic E-state index is 13.0. The standard InChI is InChI=1S/C22H21FN2O3S/c1-16-6-12-20(13-7-16)24-29(27,28)21-5-3-4-18(14-21)22(26)25(2)15-17-8-10-19(23)11-9-17/h3-14,24H,15H2,1-2H3. The van der Waals surface area contributed by atoms with Crippen molar-refractivity contribution in [1.82, 2.24) is 4.90 Å². The first-order chi connectivity index (χ1) is 13.7. The average Bonchev–Trinajstić information content (AvgIpc) is 2.71. The number of carbonyl (C=O) groups excluding carboxylic acids is 1. The molecule has 150 valence electrons. The van der Waals surface area contributed by atoms with Gasteiger partial charge in [0.05, 0.1) is 4.90 Å². The molecule has 0 aliphatic carbocycles. The Bertz CT molecular complexity index is 1110. The summed E-state index contributed by atoms with van der Waals surface area (Å²) < 4.78 is 40.9. The Kier molecular flexibility index (Phi) is 5.98. The van der Waals surface area contributed by atoms with Crippen molar-refractivity contribution in [2.45, 2.75) is 18.4 Å². The zero-order chi connectivity index (χ0) is 21.0. The van der Waals surface area contributed by atoms with Crippen molar-refractivity contribution in [2.24, 2.45) is 0 Å². The molecular formula is C22H21FN2O3S. The Balaban J connectivity index is 1.77. The van der Waals surface area contributed by atoms with Crippen molar-refractivity contribution in [3.63, 3.8) is 0 Å². The number of aryl methyl sites for hydroxylation is 1. The smallest absolute Gasteiger partial charge is 0.261 e. The molecule has 0 spiro atoms. The summed E-state index contributed by atoms with van der Waals surface area (Å²) in [7, 11) is -2.23. The lowest BCUT2D eigenvalue weighted by atomic mass is 10.1. The monoisotopic (exact) mass is 412 g/mol. The van der Waals surface area contributed by atoms with E-state index in [2.05, 4.69) is 4.72 Å². The number of halogens is 1. The molecule has 0 saturated heterocycles. The molecule has 0 aliphatic rings. The van der Waals surface area contributed by atoms with E-state index < -0.39 is 10.0 Å². The lowest BCUT2D eigenvalue weighted by molar-refractivity contribution is 0.0785. The summed E-state index contributed by atoms with van der Waals surface area (Å²) in [5.74, 6) is -0.677. The summed E-state index contributed by atoms with van der Waals surface area (Å²) in [5, 5.41) is 0. The fourth-order valence-corrected chi connectivity index (χ4v) is 3.89. The van der Waals surface area contributed by atoms with E-state index in [-0.39, 0.29) is 28.7 Å². The highest BCUT2D eigenvalue weighted by molar-refractivity contribution is 7.92. The van der Waals surface area contributed by atoms with Gasteiger partial charge in [0.1, 0.15) is 5.82 Å². The number of nitrogens with zero attached hydrogens (tertiary/aromatic N) is 1. The Labute approximate surface area is 169 Å². The maximum Gasteiger partial charge on any atom is 0.261 e. The highest BCUT2D eigenvalue weighted by Crippen LogP contribution is 2.19. The number of hydrogen-bond acceptors (Lipinski definition) is 3. The summed E-state index contributed by atoms with van der Waals surface area (Å²) in [5.41, 5.74) is 2.49. The second-order valence-corrected chi connectivity index (χ2v) is 8.47. The quantitative estimate of drug-likeness (QED) is 0.660. The Morgan fingerprint density at radius 3 is 2.31 bits per heavy atom. The van der Waals surface area contributed by atoms with Crippen molar-refractivity contribution in [3.05, 3.63) is 95.3 Å². The van der Waals surface area contributed by atoms with Gasteiger partial charge in [0, 0.05) is 24.8 Å². The predicted octanol–water partition coefficient (Wildman–Crippen LogP) is 4.21. The van der Waals surface area contributed by atoms with Gasteiger partial charge in [-0.25, -0.2) is 12.8 Å². The topological polar surface area (TPSA) is 66.5 Å². The first-order valence-corrected chi connectivity index (χ1v) is 10.4. The van der Waals surface area contributed by atoms with Crippen LogP contribution in [0.4, 0.5) is 10.1 Å². The molecule has 0 aromatic heterocycles. The van der Waals surface area contributed by atoms with Crippen molar-refractivity contribution in [2.75, 3.05) is 11.8 Å². The Morgan fingerprint density at radius 1 is 1.00 bits per heavy atom. The van der Waals surface area contributed by atoms with Gasteiger partial charge in [-0.1, -0.05) is 35.9 Å². The van der Waals surface area contributed by atoms with Crippen LogP contribution in [-0.2, 0) is 16.6 Å². The molecule has 0 bridgehead atoms. The van der Waals surface area contributed by atoms with Gasteiger partial charge in [-0.2, -0.15) is 0 Å². The first-order valence-electron chi connectivity index (χ1n) is 8.94. The number of rotatable bonds is 6. The van der Waals surface area contributed by atoms with Crippen LogP contribution >= 0.6 is 0 Å². The molecule has 0 aliphatic heterocycles. The number of carbonyl (C=O) groups is 1. The van der Waals surface area contributed by atoms with Gasteiger partial charge in [-0.05, 0) is 55.0 Å². The molecule has 3 rings (SSSR count). The van der Waals surface area contributed by atoms with Crippen LogP contribution in [0.5, 0.6) is 0 Å². The van der Waals surface area contributed by atoms with Gasteiger partial charge in [0.15, 0.2) is 0 Å². The Hall–Kier alpha value is -3.19. The van der Waals surface area contributed by atoms with Crippen molar-refractivity contribution < 1.29 is 17.6 Å². The number of amides is 1. The highest BCUT2D eigenvalue weighted by atomic mass is 32.2. The van der Waals surface area contributed by atoms with E-state index >= 15 is 0 Å². The van der Waals surface area contributed by atoms with E-state index in [4.69, 9.17) is 0 Å². The molecule has 0 atom stereocenters. The van der Waals surface area contributed by atoms with Crippen LogP contribution in [0.2, 0.25) is 0 Å². The molecule has 1 amide bonds. The van der Waals surface area contributed by atoms with Gasteiger partial charge in [-0.15, -0.1) is 0 Å². The molecule has 1 N–H and O–H groups in total. The van der Waals surface area contributed by atoms with E-state index in [0.717, 1.165) is 11.1 Å². The molecule has 0 unspecified atom stereocenters. The SMILES string of the molecule is Cc1ccc(NS(=O)(=O)c2cccc(C(=O)N(C)Cc3ccc(F)cc3)c2)cc1. The van der Waals surface area contributed by atoms with Crippen molar-refractivity contribution in [3.8, 4) is 0 Å². The third-order valence-corrected chi connectivity index (χ3v) is 5.75. The van der Waals surface area contributed by atoms with Crippen LogP contribution < -0.4 is 4.72 Å². The number of sulfonamides is 1. The van der Waals surface area contributed by atoms with E-state index in [1.165, 1.54) is 35.2 Å². The van der Waals surface area contributed by atoms with Crippen LogP contribution in [-0.4, -0.2) is 26.3 Å². The summed E-state index contributed by atoms with van der Waals surface area (Å²) in [6.07, 6.45) is 0. The van der Waals surface area contributed by atoms with Crippen LogP contribution in [0.3, 0.4) is 0 Å². The van der Waals surface area contributed by atoms with Gasteiger partial charge >= 0.3 is 0 Å². The summed E-state index contributed by atoms with van der Waals surface area (Å²) in [6, 6.07) is 18.7. The van der Waals surface area contributed by atoms with Crippen molar-refractivity contribution in [1.29, 1.82) is 0 Å². The first kappa shape index (κ1) is 20.5. The molecule has 0 saturated carbocycles. The van der Waals surface area contributed by atoms with Gasteiger partial charge < -0.3 is 4.90 Å².